The van der Waals surface area contributed by atoms with E-state index in [0.29, 0.717) is 30.1 Å². The number of benzene rings is 2. The number of hydrogen-bond donors (Lipinski definition) is 2. The van der Waals surface area contributed by atoms with Crippen LogP contribution in [-0.2, 0) is 4.74 Å². The van der Waals surface area contributed by atoms with Crippen molar-refractivity contribution in [2.45, 2.75) is 24.9 Å². The number of nitrogens with zero attached hydrogens (tertiary/aromatic N) is 3. The number of fused-ring (bicyclic) bond motifs is 1. The number of rotatable bonds is 5. The normalized spacial score (nSPS) is 18.5. The highest BCUT2D eigenvalue weighted by Gasteiger charge is 2.29. The first-order chi connectivity index (χ1) is 16.1. The fraction of sp³-hybridized carbons (Fsp3) is 0.250. The second kappa shape index (κ2) is 8.76. The predicted octanol–water partition coefficient (Wildman–Crippen LogP) is 4.30. The SMILES string of the molecule is Nc1nccn2c([C@H]3CC[C@H](CO)OC3)nc(-c3ccc(Oc4ccccc4)c(F)c3F)c12. The topological polar surface area (TPSA) is 94.9 Å². The first-order valence-corrected chi connectivity index (χ1v) is 10.6. The van der Waals surface area contributed by atoms with Gasteiger partial charge in [0.15, 0.2) is 11.6 Å². The van der Waals surface area contributed by atoms with Crippen LogP contribution in [0.5, 0.6) is 11.5 Å². The van der Waals surface area contributed by atoms with Gasteiger partial charge in [0.1, 0.15) is 28.6 Å². The Labute approximate surface area is 188 Å². The fourth-order valence-electron chi connectivity index (χ4n) is 4.13. The van der Waals surface area contributed by atoms with Crippen molar-refractivity contribution in [3.05, 3.63) is 72.3 Å². The van der Waals surface area contributed by atoms with Gasteiger partial charge in [-0.15, -0.1) is 0 Å². The molecule has 4 aromatic rings. The third-order valence-electron chi connectivity index (χ3n) is 5.82. The number of anilines is 1. The van der Waals surface area contributed by atoms with Gasteiger partial charge in [-0.05, 0) is 37.1 Å². The second-order valence-electron chi connectivity index (χ2n) is 7.92. The molecule has 9 heteroatoms. The summed E-state index contributed by atoms with van der Waals surface area (Å²) < 4.78 is 43.1. The number of ether oxygens (including phenoxy) is 2. The molecule has 2 atom stereocenters. The molecule has 1 aliphatic heterocycles. The highest BCUT2D eigenvalue weighted by molar-refractivity contribution is 5.85. The van der Waals surface area contributed by atoms with E-state index >= 15 is 4.39 Å². The molecule has 0 aliphatic carbocycles. The van der Waals surface area contributed by atoms with E-state index in [1.165, 1.54) is 18.3 Å². The third kappa shape index (κ3) is 3.90. The first-order valence-electron chi connectivity index (χ1n) is 10.6. The van der Waals surface area contributed by atoms with Gasteiger partial charge in [0.25, 0.3) is 0 Å². The summed E-state index contributed by atoms with van der Waals surface area (Å²) in [5.74, 6) is -1.36. The molecule has 3 N–H and O–H groups in total. The molecule has 2 aromatic carbocycles. The van der Waals surface area contributed by atoms with E-state index in [4.69, 9.17) is 15.2 Å². The lowest BCUT2D eigenvalue weighted by Gasteiger charge is -2.27. The number of aliphatic hydroxyl groups is 1. The summed E-state index contributed by atoms with van der Waals surface area (Å²) in [4.78, 5) is 8.78. The lowest BCUT2D eigenvalue weighted by molar-refractivity contribution is -0.0282. The standard InChI is InChI=1S/C24H22F2N4O3/c25-19-17(8-9-18(20(19)26)33-15-4-2-1-3-5-15)21-22-23(27)28-10-11-30(22)24(29-21)14-6-7-16(12-31)32-13-14/h1-5,8-11,14,16,31H,6-7,12-13H2,(H2,27,28)/t14-,16+/m0/s1. The molecule has 0 radical (unpaired) electrons. The largest absolute Gasteiger partial charge is 0.454 e. The zero-order valence-corrected chi connectivity index (χ0v) is 17.6. The van der Waals surface area contributed by atoms with E-state index in [2.05, 4.69) is 9.97 Å². The average Bonchev–Trinajstić information content (AvgIpc) is 3.24. The minimum absolute atomic E-state index is 0.0404. The number of halogens is 2. The summed E-state index contributed by atoms with van der Waals surface area (Å²) >= 11 is 0. The number of aliphatic hydroxyl groups excluding tert-OH is 1. The van der Waals surface area contributed by atoms with E-state index in [-0.39, 0.29) is 41.5 Å². The Morgan fingerprint density at radius 1 is 1.12 bits per heavy atom. The van der Waals surface area contributed by atoms with Crippen LogP contribution in [-0.4, -0.2) is 38.8 Å². The first kappa shape index (κ1) is 21.3. The Kier molecular flexibility index (Phi) is 5.65. The molecule has 1 saturated heterocycles. The highest BCUT2D eigenvalue weighted by atomic mass is 19.2. The van der Waals surface area contributed by atoms with Crippen molar-refractivity contribution in [2.75, 3.05) is 18.9 Å². The minimum Gasteiger partial charge on any atom is -0.454 e. The minimum atomic E-state index is -1.12. The van der Waals surface area contributed by atoms with Crippen LogP contribution in [0.2, 0.25) is 0 Å². The van der Waals surface area contributed by atoms with Gasteiger partial charge in [-0.25, -0.2) is 14.4 Å². The summed E-state index contributed by atoms with van der Waals surface area (Å²) in [6.45, 7) is 0.311. The molecule has 170 valence electrons. The van der Waals surface area contributed by atoms with Gasteiger partial charge in [0.05, 0.1) is 19.3 Å². The summed E-state index contributed by atoms with van der Waals surface area (Å²) in [6, 6.07) is 11.4. The third-order valence-corrected chi connectivity index (χ3v) is 5.82. The molecular formula is C24H22F2N4O3. The predicted molar refractivity (Wildman–Crippen MR) is 118 cm³/mol. The summed E-state index contributed by atoms with van der Waals surface area (Å²) in [6.07, 6.45) is 4.41. The number of nitrogen functional groups attached to an aromatic ring is 1. The molecular weight excluding hydrogens is 430 g/mol. The van der Waals surface area contributed by atoms with Crippen molar-refractivity contribution < 1.29 is 23.4 Å². The smallest absolute Gasteiger partial charge is 0.201 e. The molecule has 5 rings (SSSR count). The molecule has 0 unspecified atom stereocenters. The molecule has 7 nitrogen and oxygen atoms in total. The van der Waals surface area contributed by atoms with Crippen LogP contribution in [0, 0.1) is 11.6 Å². The van der Waals surface area contributed by atoms with E-state index in [1.807, 2.05) is 0 Å². The van der Waals surface area contributed by atoms with E-state index in [9.17, 15) is 9.50 Å². The molecule has 0 spiro atoms. The van der Waals surface area contributed by atoms with Crippen molar-refractivity contribution in [3.63, 3.8) is 0 Å². The molecule has 1 aliphatic rings. The van der Waals surface area contributed by atoms with Crippen LogP contribution in [0.4, 0.5) is 14.6 Å². The zero-order valence-electron chi connectivity index (χ0n) is 17.6. The fourth-order valence-corrected chi connectivity index (χ4v) is 4.13. The van der Waals surface area contributed by atoms with Gasteiger partial charge >= 0.3 is 0 Å². The lowest BCUT2D eigenvalue weighted by Crippen LogP contribution is -2.28. The van der Waals surface area contributed by atoms with Crippen LogP contribution in [0.15, 0.2) is 54.9 Å². The molecule has 2 aromatic heterocycles. The van der Waals surface area contributed by atoms with E-state index in [1.54, 1.807) is 40.9 Å². The molecule has 0 saturated carbocycles. The Balaban J connectivity index is 1.57. The van der Waals surface area contributed by atoms with Crippen molar-refractivity contribution >= 4 is 11.3 Å². The van der Waals surface area contributed by atoms with Gasteiger partial charge in [-0.2, -0.15) is 4.39 Å². The zero-order chi connectivity index (χ0) is 22.9. The summed E-state index contributed by atoms with van der Waals surface area (Å²) in [5.41, 5.74) is 6.68. The number of hydrogen-bond acceptors (Lipinski definition) is 6. The van der Waals surface area contributed by atoms with Gasteiger partial charge in [-0.1, -0.05) is 18.2 Å². The maximum atomic E-state index is 15.2. The average molecular weight is 452 g/mol. The number of para-hydroxylation sites is 1. The van der Waals surface area contributed by atoms with Crippen LogP contribution in [0.3, 0.4) is 0 Å². The molecule has 3 heterocycles. The van der Waals surface area contributed by atoms with Crippen LogP contribution in [0.25, 0.3) is 16.8 Å². The Hall–Kier alpha value is -3.56. The summed E-state index contributed by atoms with van der Waals surface area (Å²) in [5, 5.41) is 9.32. The van der Waals surface area contributed by atoms with Crippen molar-refractivity contribution in [1.29, 1.82) is 0 Å². The van der Waals surface area contributed by atoms with Crippen LogP contribution >= 0.6 is 0 Å². The maximum Gasteiger partial charge on any atom is 0.201 e. The van der Waals surface area contributed by atoms with Crippen LogP contribution in [0.1, 0.15) is 24.6 Å². The van der Waals surface area contributed by atoms with E-state index in [0.717, 1.165) is 6.42 Å². The molecule has 0 bridgehead atoms. The van der Waals surface area contributed by atoms with Gasteiger partial charge in [0, 0.05) is 23.9 Å². The summed E-state index contributed by atoms with van der Waals surface area (Å²) in [7, 11) is 0. The molecule has 33 heavy (non-hydrogen) atoms. The van der Waals surface area contributed by atoms with Crippen molar-refractivity contribution in [3.8, 4) is 22.8 Å². The van der Waals surface area contributed by atoms with Gasteiger partial charge in [0.2, 0.25) is 5.82 Å². The number of imidazole rings is 1. The number of aromatic nitrogens is 3. The van der Waals surface area contributed by atoms with E-state index < -0.39 is 11.6 Å². The second-order valence-corrected chi connectivity index (χ2v) is 7.92. The van der Waals surface area contributed by atoms with Crippen molar-refractivity contribution in [2.24, 2.45) is 0 Å². The van der Waals surface area contributed by atoms with Crippen LogP contribution < -0.4 is 10.5 Å². The Morgan fingerprint density at radius 3 is 2.67 bits per heavy atom. The quantitative estimate of drug-likeness (QED) is 0.469. The number of nitrogens with two attached hydrogens (primary N) is 1. The monoisotopic (exact) mass is 452 g/mol. The van der Waals surface area contributed by atoms with Gasteiger partial charge < -0.3 is 20.3 Å². The lowest BCUT2D eigenvalue weighted by atomic mass is 9.98. The Bertz CT molecular complexity index is 1290. The van der Waals surface area contributed by atoms with Crippen molar-refractivity contribution in [1.82, 2.24) is 14.4 Å². The maximum absolute atomic E-state index is 15.2. The van der Waals surface area contributed by atoms with Gasteiger partial charge in [-0.3, -0.25) is 4.40 Å². The highest BCUT2D eigenvalue weighted by Crippen LogP contribution is 2.37. The molecule has 0 amide bonds. The Morgan fingerprint density at radius 2 is 1.94 bits per heavy atom. The molecule has 1 fully saturated rings.